The maximum Gasteiger partial charge on any atom is 0.407 e. The first-order chi connectivity index (χ1) is 11.2. The summed E-state index contributed by atoms with van der Waals surface area (Å²) in [6.45, 7) is 9.98. The zero-order valence-electron chi connectivity index (χ0n) is 15.2. The molecular formula is C19H30N2O3. The first-order valence-electron chi connectivity index (χ1n) is 8.69. The van der Waals surface area contributed by atoms with Gasteiger partial charge in [-0.1, -0.05) is 29.8 Å². The average Bonchev–Trinajstić information content (AvgIpc) is 2.47. The van der Waals surface area contributed by atoms with Crippen molar-refractivity contribution in [2.24, 2.45) is 0 Å². The molecule has 134 valence electrons. The zero-order valence-corrected chi connectivity index (χ0v) is 15.2. The molecule has 1 saturated heterocycles. The smallest absolute Gasteiger partial charge is 0.407 e. The molecule has 2 N–H and O–H groups in total. The number of aliphatic hydroxyl groups is 1. The van der Waals surface area contributed by atoms with E-state index in [2.05, 4.69) is 10.2 Å². The van der Waals surface area contributed by atoms with E-state index in [0.29, 0.717) is 6.54 Å². The van der Waals surface area contributed by atoms with E-state index in [9.17, 15) is 9.90 Å². The molecule has 1 aromatic carbocycles. The summed E-state index contributed by atoms with van der Waals surface area (Å²) in [5.41, 5.74) is 1.65. The highest BCUT2D eigenvalue weighted by atomic mass is 16.6. The number of aryl methyl sites for hydroxylation is 1. The Morgan fingerprint density at radius 3 is 2.62 bits per heavy atom. The molecule has 5 nitrogen and oxygen atoms in total. The van der Waals surface area contributed by atoms with Crippen LogP contribution in [0, 0.1) is 6.92 Å². The number of hydrogen-bond acceptors (Lipinski definition) is 4. The number of ether oxygens (including phenoxy) is 1. The number of alkyl carbamates (subject to hydrolysis) is 1. The third-order valence-electron chi connectivity index (χ3n) is 4.17. The van der Waals surface area contributed by atoms with Crippen molar-refractivity contribution in [2.75, 3.05) is 19.6 Å². The molecule has 1 heterocycles. The van der Waals surface area contributed by atoms with Crippen LogP contribution >= 0.6 is 0 Å². The monoisotopic (exact) mass is 334 g/mol. The lowest BCUT2D eigenvalue weighted by molar-refractivity contribution is 0.0459. The molecular weight excluding hydrogens is 304 g/mol. The number of likely N-dealkylation sites (tertiary alicyclic amines) is 1. The second kappa shape index (κ2) is 7.99. The van der Waals surface area contributed by atoms with Gasteiger partial charge in [-0.3, -0.25) is 0 Å². The average molecular weight is 334 g/mol. The molecule has 1 aliphatic heterocycles. The number of rotatable bonds is 4. The first kappa shape index (κ1) is 18.7. The van der Waals surface area contributed by atoms with Gasteiger partial charge in [0.2, 0.25) is 0 Å². The predicted molar refractivity (Wildman–Crippen MR) is 95.0 cm³/mol. The Morgan fingerprint density at radius 2 is 2.04 bits per heavy atom. The number of amides is 1. The molecule has 1 fully saturated rings. The normalized spacial score (nSPS) is 18.2. The molecule has 0 aromatic heterocycles. The van der Waals surface area contributed by atoms with Crippen molar-refractivity contribution in [2.45, 2.75) is 58.3 Å². The lowest BCUT2D eigenvalue weighted by Gasteiger charge is -2.33. The third-order valence-corrected chi connectivity index (χ3v) is 4.17. The summed E-state index contributed by atoms with van der Waals surface area (Å²) in [4.78, 5) is 14.1. The maximum absolute atomic E-state index is 11.8. The molecule has 2 rings (SSSR count). The molecule has 1 unspecified atom stereocenters. The number of β-amino-alcohol motifs (C(OH)–C–C–N with tert-alkyl or cyclic N) is 1. The molecule has 0 saturated carbocycles. The van der Waals surface area contributed by atoms with Gasteiger partial charge >= 0.3 is 6.09 Å². The summed E-state index contributed by atoms with van der Waals surface area (Å²) < 4.78 is 5.30. The van der Waals surface area contributed by atoms with Crippen molar-refractivity contribution >= 4 is 6.09 Å². The lowest BCUT2D eigenvalue weighted by atomic mass is 10.0. The van der Waals surface area contributed by atoms with E-state index in [-0.39, 0.29) is 12.1 Å². The summed E-state index contributed by atoms with van der Waals surface area (Å²) in [5.74, 6) is 0. The Bertz CT molecular complexity index is 546. The second-order valence-corrected chi connectivity index (χ2v) is 7.65. The number of piperidine rings is 1. The summed E-state index contributed by atoms with van der Waals surface area (Å²) in [7, 11) is 0. The van der Waals surface area contributed by atoms with Crippen molar-refractivity contribution in [3.05, 3.63) is 35.4 Å². The zero-order chi connectivity index (χ0) is 17.7. The summed E-state index contributed by atoms with van der Waals surface area (Å²) in [5, 5.41) is 13.3. The van der Waals surface area contributed by atoms with E-state index in [1.54, 1.807) is 0 Å². The van der Waals surface area contributed by atoms with Crippen molar-refractivity contribution < 1.29 is 14.6 Å². The minimum atomic E-state index is -0.472. The molecule has 0 radical (unpaired) electrons. The van der Waals surface area contributed by atoms with Gasteiger partial charge in [-0.15, -0.1) is 0 Å². The van der Waals surface area contributed by atoms with E-state index >= 15 is 0 Å². The Labute approximate surface area is 145 Å². The fraction of sp³-hybridized carbons (Fsp3) is 0.632. The Hall–Kier alpha value is -1.59. The van der Waals surface area contributed by atoms with Gasteiger partial charge in [-0.05, 0) is 46.1 Å². The van der Waals surface area contributed by atoms with Crippen LogP contribution in [0.25, 0.3) is 0 Å². The van der Waals surface area contributed by atoms with Crippen LogP contribution in [0.3, 0.4) is 0 Å². The van der Waals surface area contributed by atoms with E-state index in [1.807, 2.05) is 52.0 Å². The number of nitrogens with zero attached hydrogens (tertiary/aromatic N) is 1. The van der Waals surface area contributed by atoms with Crippen LogP contribution in [0.1, 0.15) is 50.8 Å². The molecule has 1 aromatic rings. The van der Waals surface area contributed by atoms with E-state index < -0.39 is 11.7 Å². The van der Waals surface area contributed by atoms with E-state index in [1.165, 1.54) is 0 Å². The van der Waals surface area contributed by atoms with Crippen LogP contribution in [0.15, 0.2) is 24.3 Å². The highest BCUT2D eigenvalue weighted by Crippen LogP contribution is 2.19. The number of aliphatic hydroxyl groups excluding tert-OH is 1. The lowest BCUT2D eigenvalue weighted by Crippen LogP contribution is -2.46. The Kier molecular flexibility index (Phi) is 6.24. The Morgan fingerprint density at radius 1 is 1.38 bits per heavy atom. The highest BCUT2D eigenvalue weighted by Gasteiger charge is 2.24. The second-order valence-electron chi connectivity index (χ2n) is 7.65. The quantitative estimate of drug-likeness (QED) is 0.888. The minimum Gasteiger partial charge on any atom is -0.444 e. The summed E-state index contributed by atoms with van der Waals surface area (Å²) >= 11 is 0. The molecule has 1 aliphatic rings. The number of benzene rings is 1. The van der Waals surface area contributed by atoms with Crippen molar-refractivity contribution in [3.63, 3.8) is 0 Å². The first-order valence-corrected chi connectivity index (χ1v) is 8.69. The van der Waals surface area contributed by atoms with Gasteiger partial charge in [-0.2, -0.15) is 0 Å². The number of carbonyl (C=O) groups is 1. The van der Waals surface area contributed by atoms with Crippen LogP contribution < -0.4 is 5.32 Å². The number of carbonyl (C=O) groups excluding carboxylic acids is 1. The van der Waals surface area contributed by atoms with Crippen LogP contribution in [0.5, 0.6) is 0 Å². The van der Waals surface area contributed by atoms with Crippen molar-refractivity contribution in [3.8, 4) is 0 Å². The van der Waals surface area contributed by atoms with E-state index in [0.717, 1.165) is 37.1 Å². The number of hydrogen-bond donors (Lipinski definition) is 2. The van der Waals surface area contributed by atoms with Gasteiger partial charge in [0.1, 0.15) is 5.60 Å². The fourth-order valence-electron chi connectivity index (χ4n) is 2.96. The topological polar surface area (TPSA) is 61.8 Å². The van der Waals surface area contributed by atoms with Crippen LogP contribution in [-0.2, 0) is 4.74 Å². The molecule has 1 atom stereocenters. The summed E-state index contributed by atoms with van der Waals surface area (Å²) in [6.07, 6.45) is 0.931. The SMILES string of the molecule is Cc1cccc(C(O)CN2CCC(NC(=O)OC(C)(C)C)CC2)c1. The van der Waals surface area contributed by atoms with Crippen LogP contribution in [0.4, 0.5) is 4.79 Å². The van der Waals surface area contributed by atoms with Crippen molar-refractivity contribution in [1.82, 2.24) is 10.2 Å². The predicted octanol–water partition coefficient (Wildman–Crippen LogP) is 3.02. The molecule has 24 heavy (non-hydrogen) atoms. The van der Waals surface area contributed by atoms with Crippen LogP contribution in [0.2, 0.25) is 0 Å². The standard InChI is InChI=1S/C19H30N2O3/c1-14-6-5-7-15(12-14)17(22)13-21-10-8-16(9-11-21)20-18(23)24-19(2,3)4/h5-7,12,16-17,22H,8-11,13H2,1-4H3,(H,20,23). The Balaban J connectivity index is 1.75. The highest BCUT2D eigenvalue weighted by molar-refractivity contribution is 5.68. The summed E-state index contributed by atoms with van der Waals surface area (Å²) in [6, 6.07) is 8.15. The largest absolute Gasteiger partial charge is 0.444 e. The van der Waals surface area contributed by atoms with Gasteiger partial charge in [0.05, 0.1) is 6.10 Å². The molecule has 0 aliphatic carbocycles. The third kappa shape index (κ3) is 6.13. The van der Waals surface area contributed by atoms with Gasteiger partial charge < -0.3 is 20.1 Å². The van der Waals surface area contributed by atoms with Crippen LogP contribution in [-0.4, -0.2) is 47.4 Å². The van der Waals surface area contributed by atoms with Gasteiger partial charge in [0.15, 0.2) is 0 Å². The molecule has 0 bridgehead atoms. The molecule has 0 spiro atoms. The van der Waals surface area contributed by atoms with Gasteiger partial charge in [-0.25, -0.2) is 4.79 Å². The fourth-order valence-corrected chi connectivity index (χ4v) is 2.96. The van der Waals surface area contributed by atoms with Gasteiger partial charge in [0.25, 0.3) is 0 Å². The molecule has 1 amide bonds. The van der Waals surface area contributed by atoms with Crippen molar-refractivity contribution in [1.29, 1.82) is 0 Å². The maximum atomic E-state index is 11.8. The number of nitrogens with one attached hydrogen (secondary N) is 1. The van der Waals surface area contributed by atoms with E-state index in [4.69, 9.17) is 4.74 Å². The minimum absolute atomic E-state index is 0.146. The molecule has 5 heteroatoms. The van der Waals surface area contributed by atoms with Gasteiger partial charge in [0, 0.05) is 25.7 Å².